The predicted octanol–water partition coefficient (Wildman–Crippen LogP) is -0.0779. The number of carbonyl (C=O) groups is 2. The van der Waals surface area contributed by atoms with Crippen LogP contribution in [0.5, 0.6) is 0 Å². The van der Waals surface area contributed by atoms with E-state index in [-0.39, 0.29) is 18.0 Å². The normalized spacial score (nSPS) is 13.6. The largest absolute Gasteiger partial charge is 0.366 e. The van der Waals surface area contributed by atoms with Gasteiger partial charge in [0.15, 0.2) is 0 Å². The third-order valence-corrected chi connectivity index (χ3v) is 2.72. The molecule has 1 aromatic rings. The molecule has 0 aliphatic heterocycles. The number of primary amides is 1. The summed E-state index contributed by atoms with van der Waals surface area (Å²) >= 11 is 0. The Morgan fingerprint density at radius 1 is 1.00 bits per heavy atom. The van der Waals surface area contributed by atoms with Crippen LogP contribution in [0.25, 0.3) is 0 Å². The zero-order valence-electron chi connectivity index (χ0n) is 11.9. The number of amides is 2. The first-order valence-corrected chi connectivity index (χ1v) is 6.51. The van der Waals surface area contributed by atoms with E-state index in [0.29, 0.717) is 24.2 Å². The maximum atomic E-state index is 12.4. The summed E-state index contributed by atoms with van der Waals surface area (Å²) in [6.45, 7) is 4.52. The second kappa shape index (κ2) is 7.02. The van der Waals surface area contributed by atoms with Gasteiger partial charge in [0.1, 0.15) is 0 Å². The van der Waals surface area contributed by atoms with Gasteiger partial charge in [-0.3, -0.25) is 9.59 Å². The number of nitrogens with zero attached hydrogens (tertiary/aromatic N) is 1. The molecular formula is C14H22N4O2. The van der Waals surface area contributed by atoms with Crippen LogP contribution in [-0.2, 0) is 0 Å². The Bertz CT molecular complexity index is 459. The van der Waals surface area contributed by atoms with Crippen molar-refractivity contribution in [3.63, 3.8) is 0 Å². The average Bonchev–Trinajstić information content (AvgIpc) is 2.36. The fourth-order valence-electron chi connectivity index (χ4n) is 1.90. The van der Waals surface area contributed by atoms with Crippen LogP contribution in [0.2, 0.25) is 0 Å². The van der Waals surface area contributed by atoms with Gasteiger partial charge < -0.3 is 22.1 Å². The lowest BCUT2D eigenvalue weighted by atomic mass is 10.1. The monoisotopic (exact) mass is 278 g/mol. The molecule has 2 unspecified atom stereocenters. The second-order valence-electron chi connectivity index (χ2n) is 5.11. The van der Waals surface area contributed by atoms with Crippen molar-refractivity contribution in [3.05, 3.63) is 35.4 Å². The van der Waals surface area contributed by atoms with Gasteiger partial charge in [-0.25, -0.2) is 0 Å². The first-order valence-electron chi connectivity index (χ1n) is 6.51. The highest BCUT2D eigenvalue weighted by atomic mass is 16.2. The number of hydrogen-bond donors (Lipinski definition) is 3. The van der Waals surface area contributed by atoms with E-state index in [1.165, 1.54) is 12.1 Å². The van der Waals surface area contributed by atoms with Crippen molar-refractivity contribution in [2.45, 2.75) is 25.9 Å². The van der Waals surface area contributed by atoms with Crippen LogP contribution in [0.1, 0.15) is 34.6 Å². The number of hydrogen-bond acceptors (Lipinski definition) is 4. The minimum Gasteiger partial charge on any atom is -0.366 e. The van der Waals surface area contributed by atoms with Gasteiger partial charge >= 0.3 is 0 Å². The van der Waals surface area contributed by atoms with Crippen molar-refractivity contribution in [2.75, 3.05) is 13.1 Å². The molecule has 0 spiro atoms. The molecule has 0 heterocycles. The lowest BCUT2D eigenvalue weighted by molar-refractivity contribution is 0.0739. The van der Waals surface area contributed by atoms with Crippen molar-refractivity contribution in [2.24, 2.45) is 17.2 Å². The third kappa shape index (κ3) is 4.64. The van der Waals surface area contributed by atoms with Gasteiger partial charge in [-0.2, -0.15) is 0 Å². The molecule has 20 heavy (non-hydrogen) atoms. The van der Waals surface area contributed by atoms with E-state index in [4.69, 9.17) is 17.2 Å². The fourth-order valence-corrected chi connectivity index (χ4v) is 1.90. The quantitative estimate of drug-likeness (QED) is 0.675. The smallest absolute Gasteiger partial charge is 0.253 e. The number of rotatable bonds is 6. The molecule has 0 radical (unpaired) electrons. The van der Waals surface area contributed by atoms with E-state index in [0.717, 1.165) is 0 Å². The molecule has 0 saturated heterocycles. The molecule has 0 bridgehead atoms. The summed E-state index contributed by atoms with van der Waals surface area (Å²) < 4.78 is 0. The molecule has 6 N–H and O–H groups in total. The molecule has 6 heteroatoms. The molecular weight excluding hydrogens is 256 g/mol. The number of benzene rings is 1. The van der Waals surface area contributed by atoms with Crippen LogP contribution in [-0.4, -0.2) is 41.9 Å². The zero-order chi connectivity index (χ0) is 15.3. The van der Waals surface area contributed by atoms with Crippen LogP contribution >= 0.6 is 0 Å². The molecule has 0 aliphatic rings. The number of carbonyl (C=O) groups excluding carboxylic acids is 2. The Morgan fingerprint density at radius 2 is 1.40 bits per heavy atom. The topological polar surface area (TPSA) is 115 Å². The SMILES string of the molecule is CC(N)CN(CC(C)N)C(=O)c1ccc(C(N)=O)cc1. The lowest BCUT2D eigenvalue weighted by Crippen LogP contribution is -2.45. The molecule has 1 aromatic carbocycles. The van der Waals surface area contributed by atoms with Gasteiger partial charge in [0, 0.05) is 36.3 Å². The van der Waals surface area contributed by atoms with Crippen molar-refractivity contribution < 1.29 is 9.59 Å². The summed E-state index contributed by atoms with van der Waals surface area (Å²) in [5.41, 5.74) is 17.5. The molecule has 0 aromatic heterocycles. The average molecular weight is 278 g/mol. The highest BCUT2D eigenvalue weighted by Crippen LogP contribution is 2.08. The summed E-state index contributed by atoms with van der Waals surface area (Å²) in [5.74, 6) is -0.678. The summed E-state index contributed by atoms with van der Waals surface area (Å²) in [5, 5.41) is 0. The fraction of sp³-hybridized carbons (Fsp3) is 0.429. The molecule has 0 saturated carbocycles. The summed E-state index contributed by atoms with van der Waals surface area (Å²) in [4.78, 5) is 25.0. The summed E-state index contributed by atoms with van der Waals surface area (Å²) in [7, 11) is 0. The minimum atomic E-state index is -0.521. The molecule has 0 aliphatic carbocycles. The van der Waals surface area contributed by atoms with Crippen LogP contribution in [0.4, 0.5) is 0 Å². The Kier molecular flexibility index (Phi) is 5.66. The van der Waals surface area contributed by atoms with Gasteiger partial charge in [-0.15, -0.1) is 0 Å². The summed E-state index contributed by atoms with van der Waals surface area (Å²) in [6.07, 6.45) is 0. The van der Waals surface area contributed by atoms with Crippen molar-refractivity contribution in [1.82, 2.24) is 4.90 Å². The third-order valence-electron chi connectivity index (χ3n) is 2.72. The lowest BCUT2D eigenvalue weighted by Gasteiger charge is -2.26. The van der Waals surface area contributed by atoms with Crippen LogP contribution in [0.15, 0.2) is 24.3 Å². The zero-order valence-corrected chi connectivity index (χ0v) is 11.9. The van der Waals surface area contributed by atoms with E-state index in [1.54, 1.807) is 17.0 Å². The van der Waals surface area contributed by atoms with E-state index in [2.05, 4.69) is 0 Å². The van der Waals surface area contributed by atoms with Gasteiger partial charge in [0.05, 0.1) is 0 Å². The van der Waals surface area contributed by atoms with Crippen molar-refractivity contribution in [1.29, 1.82) is 0 Å². The van der Waals surface area contributed by atoms with Crippen LogP contribution in [0, 0.1) is 0 Å². The maximum absolute atomic E-state index is 12.4. The van der Waals surface area contributed by atoms with Gasteiger partial charge in [0.25, 0.3) is 5.91 Å². The first kappa shape index (κ1) is 16.1. The van der Waals surface area contributed by atoms with Gasteiger partial charge in [-0.05, 0) is 38.1 Å². The van der Waals surface area contributed by atoms with E-state index < -0.39 is 5.91 Å². The van der Waals surface area contributed by atoms with Crippen LogP contribution < -0.4 is 17.2 Å². The molecule has 2 atom stereocenters. The Hall–Kier alpha value is -1.92. The molecule has 0 fully saturated rings. The molecule has 1 rings (SSSR count). The maximum Gasteiger partial charge on any atom is 0.253 e. The minimum absolute atomic E-state index is 0.136. The Labute approximate surface area is 118 Å². The standard InChI is InChI=1S/C14H22N4O2/c1-9(15)7-18(8-10(2)16)14(20)12-5-3-11(4-6-12)13(17)19/h3-6,9-10H,7-8,15-16H2,1-2H3,(H2,17,19). The molecule has 6 nitrogen and oxygen atoms in total. The van der Waals surface area contributed by atoms with E-state index in [1.807, 2.05) is 13.8 Å². The highest BCUT2D eigenvalue weighted by molar-refractivity contribution is 5.97. The van der Waals surface area contributed by atoms with Crippen molar-refractivity contribution >= 4 is 11.8 Å². The van der Waals surface area contributed by atoms with E-state index >= 15 is 0 Å². The summed E-state index contributed by atoms with van der Waals surface area (Å²) in [6, 6.07) is 5.96. The van der Waals surface area contributed by atoms with E-state index in [9.17, 15) is 9.59 Å². The van der Waals surface area contributed by atoms with Crippen molar-refractivity contribution in [3.8, 4) is 0 Å². The molecule has 110 valence electrons. The highest BCUT2D eigenvalue weighted by Gasteiger charge is 2.18. The van der Waals surface area contributed by atoms with Crippen LogP contribution in [0.3, 0.4) is 0 Å². The van der Waals surface area contributed by atoms with Gasteiger partial charge in [-0.1, -0.05) is 0 Å². The Balaban J connectivity index is 2.90. The number of nitrogens with two attached hydrogens (primary N) is 3. The molecule has 2 amide bonds. The van der Waals surface area contributed by atoms with Gasteiger partial charge in [0.2, 0.25) is 5.91 Å². The Morgan fingerprint density at radius 3 is 1.75 bits per heavy atom. The first-order chi connectivity index (χ1) is 9.31. The second-order valence-corrected chi connectivity index (χ2v) is 5.11. The predicted molar refractivity (Wildman–Crippen MR) is 78.2 cm³/mol.